The summed E-state index contributed by atoms with van der Waals surface area (Å²) in [6.07, 6.45) is 1.61. The maximum Gasteiger partial charge on any atom is 0.196 e. The van der Waals surface area contributed by atoms with Gasteiger partial charge in [0, 0.05) is 22.4 Å². The molecule has 0 bridgehead atoms. The molecule has 3 rings (SSSR count). The van der Waals surface area contributed by atoms with Crippen molar-refractivity contribution in [2.24, 2.45) is 0 Å². The van der Waals surface area contributed by atoms with Crippen molar-refractivity contribution in [1.82, 2.24) is 4.98 Å². The van der Waals surface area contributed by atoms with Gasteiger partial charge in [0.05, 0.1) is 11.3 Å². The Kier molecular flexibility index (Phi) is 2.97. The predicted octanol–water partition coefficient (Wildman–Crippen LogP) is 3.12. The fourth-order valence-corrected chi connectivity index (χ4v) is 2.75. The van der Waals surface area contributed by atoms with E-state index in [1.165, 1.54) is 0 Å². The number of carbonyl (C=O) groups is 2. The van der Waals surface area contributed by atoms with Gasteiger partial charge in [-0.25, -0.2) is 0 Å². The van der Waals surface area contributed by atoms with E-state index in [2.05, 4.69) is 4.98 Å². The highest BCUT2D eigenvalue weighted by Crippen LogP contribution is 2.29. The van der Waals surface area contributed by atoms with Gasteiger partial charge >= 0.3 is 0 Å². The Bertz CT molecular complexity index is 732. The molecule has 20 heavy (non-hydrogen) atoms. The molecule has 2 aromatic rings. The van der Waals surface area contributed by atoms with Crippen LogP contribution in [0.4, 0.5) is 0 Å². The van der Waals surface area contributed by atoms with E-state index in [1.54, 1.807) is 30.3 Å². The molecule has 3 heteroatoms. The van der Waals surface area contributed by atoms with Crippen molar-refractivity contribution in [3.05, 3.63) is 64.0 Å². The normalized spacial score (nSPS) is 13.1. The molecule has 1 aromatic carbocycles. The summed E-state index contributed by atoms with van der Waals surface area (Å²) in [5, 5.41) is 0. The van der Waals surface area contributed by atoms with Crippen LogP contribution in [0.2, 0.25) is 0 Å². The first-order valence-corrected chi connectivity index (χ1v) is 6.82. The molecule has 0 fully saturated rings. The molecule has 1 aromatic heterocycles. The zero-order valence-electron chi connectivity index (χ0n) is 11.6. The maximum absolute atomic E-state index is 12.7. The molecule has 0 saturated carbocycles. The lowest BCUT2D eigenvalue weighted by Gasteiger charge is -2.20. The Morgan fingerprint density at radius 2 is 1.65 bits per heavy atom. The Hall–Kier alpha value is -2.29. The minimum absolute atomic E-state index is 0.0712. The fourth-order valence-electron chi connectivity index (χ4n) is 2.75. The maximum atomic E-state index is 12.7. The minimum atomic E-state index is -0.0776. The van der Waals surface area contributed by atoms with Crippen LogP contribution in [0.3, 0.4) is 0 Å². The number of pyridine rings is 1. The van der Waals surface area contributed by atoms with Crippen molar-refractivity contribution in [3.63, 3.8) is 0 Å². The van der Waals surface area contributed by atoms with Gasteiger partial charge in [-0.05, 0) is 19.4 Å². The summed E-state index contributed by atoms with van der Waals surface area (Å²) < 4.78 is 0. The van der Waals surface area contributed by atoms with Gasteiger partial charge in [-0.2, -0.15) is 0 Å². The average Bonchev–Trinajstić information content (AvgIpc) is 2.44. The fraction of sp³-hybridized carbons (Fsp3) is 0.235. The first-order chi connectivity index (χ1) is 9.63. The molecule has 0 saturated heterocycles. The summed E-state index contributed by atoms with van der Waals surface area (Å²) in [5.41, 5.74) is 3.53. The average molecular weight is 265 g/mol. The summed E-state index contributed by atoms with van der Waals surface area (Å²) in [6.45, 7) is 3.90. The molecule has 1 heterocycles. The highest BCUT2D eigenvalue weighted by atomic mass is 16.1. The van der Waals surface area contributed by atoms with Gasteiger partial charge in [0.1, 0.15) is 0 Å². The third-order valence-corrected chi connectivity index (χ3v) is 3.60. The first-order valence-electron chi connectivity index (χ1n) is 6.82. The van der Waals surface area contributed by atoms with E-state index >= 15 is 0 Å². The zero-order valence-corrected chi connectivity index (χ0v) is 11.6. The van der Waals surface area contributed by atoms with Gasteiger partial charge in [-0.3, -0.25) is 14.6 Å². The van der Waals surface area contributed by atoms with E-state index in [-0.39, 0.29) is 11.6 Å². The van der Waals surface area contributed by atoms with Crippen LogP contribution in [0.15, 0.2) is 30.3 Å². The molecule has 0 aliphatic heterocycles. The van der Waals surface area contributed by atoms with E-state index in [1.807, 2.05) is 13.8 Å². The summed E-state index contributed by atoms with van der Waals surface area (Å²) in [5.74, 6) is -0.149. The molecule has 1 aliphatic carbocycles. The Morgan fingerprint density at radius 1 is 1.00 bits per heavy atom. The van der Waals surface area contributed by atoms with Crippen molar-refractivity contribution in [3.8, 4) is 0 Å². The quantitative estimate of drug-likeness (QED) is 0.715. The molecular weight excluding hydrogens is 250 g/mol. The van der Waals surface area contributed by atoms with Crippen LogP contribution in [-0.4, -0.2) is 16.6 Å². The van der Waals surface area contributed by atoms with Gasteiger partial charge in [-0.1, -0.05) is 37.6 Å². The third kappa shape index (κ3) is 1.78. The van der Waals surface area contributed by atoms with Crippen LogP contribution in [0.1, 0.15) is 56.6 Å². The number of ketones is 2. The molecular formula is C17H15NO2. The van der Waals surface area contributed by atoms with Crippen LogP contribution in [0.25, 0.3) is 0 Å². The van der Waals surface area contributed by atoms with E-state index in [9.17, 15) is 9.59 Å². The Labute approximate surface area is 117 Å². The second-order valence-electron chi connectivity index (χ2n) is 5.09. The van der Waals surface area contributed by atoms with Crippen molar-refractivity contribution < 1.29 is 9.59 Å². The van der Waals surface area contributed by atoms with Crippen LogP contribution >= 0.6 is 0 Å². The highest BCUT2D eigenvalue weighted by molar-refractivity contribution is 6.28. The van der Waals surface area contributed by atoms with Crippen LogP contribution in [0, 0.1) is 6.92 Å². The second kappa shape index (κ2) is 4.67. The molecule has 0 N–H and O–H groups in total. The Morgan fingerprint density at radius 3 is 2.30 bits per heavy atom. The minimum Gasteiger partial charge on any atom is -0.289 e. The van der Waals surface area contributed by atoms with Crippen molar-refractivity contribution in [1.29, 1.82) is 0 Å². The standard InChI is InChI=1S/C17H15NO2/c1-3-6-14-15-13(9-10(2)18-14)16(19)11-7-4-5-8-12(11)17(15)20/h4-5,7-9H,3,6H2,1-2H3. The van der Waals surface area contributed by atoms with E-state index in [0.29, 0.717) is 28.7 Å². The van der Waals surface area contributed by atoms with Gasteiger partial charge in [0.2, 0.25) is 0 Å². The molecule has 0 radical (unpaired) electrons. The van der Waals surface area contributed by atoms with Crippen LogP contribution in [0.5, 0.6) is 0 Å². The summed E-state index contributed by atoms with van der Waals surface area (Å²) >= 11 is 0. The molecule has 3 nitrogen and oxygen atoms in total. The van der Waals surface area contributed by atoms with E-state index in [0.717, 1.165) is 17.8 Å². The SMILES string of the molecule is CCCc1nc(C)cc2c1C(=O)c1ccccc1C2=O. The lowest BCUT2D eigenvalue weighted by Crippen LogP contribution is -2.23. The second-order valence-corrected chi connectivity index (χ2v) is 5.09. The largest absolute Gasteiger partial charge is 0.289 e. The van der Waals surface area contributed by atoms with Gasteiger partial charge in [0.15, 0.2) is 11.6 Å². The van der Waals surface area contributed by atoms with Crippen molar-refractivity contribution >= 4 is 11.6 Å². The first kappa shape index (κ1) is 12.7. The summed E-state index contributed by atoms with van der Waals surface area (Å²) in [4.78, 5) is 29.7. The van der Waals surface area contributed by atoms with Crippen LogP contribution < -0.4 is 0 Å². The number of fused-ring (bicyclic) bond motifs is 2. The van der Waals surface area contributed by atoms with E-state index in [4.69, 9.17) is 0 Å². The van der Waals surface area contributed by atoms with Gasteiger partial charge in [-0.15, -0.1) is 0 Å². The van der Waals surface area contributed by atoms with Gasteiger partial charge < -0.3 is 0 Å². The monoisotopic (exact) mass is 265 g/mol. The number of aryl methyl sites for hydroxylation is 2. The molecule has 0 spiro atoms. The smallest absolute Gasteiger partial charge is 0.196 e. The molecule has 0 atom stereocenters. The lowest BCUT2D eigenvalue weighted by atomic mass is 9.82. The zero-order chi connectivity index (χ0) is 14.3. The number of rotatable bonds is 2. The number of hydrogen-bond acceptors (Lipinski definition) is 3. The number of carbonyl (C=O) groups excluding carboxylic acids is 2. The predicted molar refractivity (Wildman–Crippen MR) is 76.3 cm³/mol. The molecule has 100 valence electrons. The summed E-state index contributed by atoms with van der Waals surface area (Å²) in [6, 6.07) is 8.73. The van der Waals surface area contributed by atoms with E-state index < -0.39 is 0 Å². The lowest BCUT2D eigenvalue weighted by molar-refractivity contribution is 0.0977. The molecule has 1 aliphatic rings. The number of benzene rings is 1. The topological polar surface area (TPSA) is 47.0 Å². The van der Waals surface area contributed by atoms with Gasteiger partial charge in [0.25, 0.3) is 0 Å². The summed E-state index contributed by atoms with van der Waals surface area (Å²) in [7, 11) is 0. The highest BCUT2D eigenvalue weighted by Gasteiger charge is 2.31. The Balaban J connectivity index is 2.30. The number of nitrogens with zero attached hydrogens (tertiary/aromatic N) is 1. The van der Waals surface area contributed by atoms with Crippen molar-refractivity contribution in [2.75, 3.05) is 0 Å². The molecule has 0 unspecified atom stereocenters. The number of hydrogen-bond donors (Lipinski definition) is 0. The molecule has 0 amide bonds. The van der Waals surface area contributed by atoms with Crippen molar-refractivity contribution in [2.45, 2.75) is 26.7 Å². The third-order valence-electron chi connectivity index (χ3n) is 3.60. The van der Waals surface area contributed by atoms with Crippen LogP contribution in [-0.2, 0) is 6.42 Å². The number of aromatic nitrogens is 1.